The molecule has 106 valence electrons. The summed E-state index contributed by atoms with van der Waals surface area (Å²) in [5.41, 5.74) is 6.17. The zero-order chi connectivity index (χ0) is 13.7. The molecular formula is C14H24N4O. The van der Waals surface area contributed by atoms with E-state index >= 15 is 0 Å². The molecule has 1 aromatic rings. The van der Waals surface area contributed by atoms with Gasteiger partial charge < -0.3 is 11.1 Å². The van der Waals surface area contributed by atoms with Gasteiger partial charge in [0.05, 0.1) is 12.1 Å². The molecule has 2 atom stereocenters. The van der Waals surface area contributed by atoms with Gasteiger partial charge >= 0.3 is 0 Å². The number of anilines is 1. The van der Waals surface area contributed by atoms with Gasteiger partial charge in [0.1, 0.15) is 5.82 Å². The van der Waals surface area contributed by atoms with Crippen LogP contribution in [0.4, 0.5) is 5.82 Å². The van der Waals surface area contributed by atoms with Crippen molar-refractivity contribution >= 4 is 11.7 Å². The Morgan fingerprint density at radius 2 is 2.16 bits per heavy atom. The molecule has 1 aromatic heterocycles. The van der Waals surface area contributed by atoms with Gasteiger partial charge in [-0.3, -0.25) is 4.79 Å². The fourth-order valence-electron chi connectivity index (χ4n) is 2.75. The van der Waals surface area contributed by atoms with E-state index in [1.165, 1.54) is 12.8 Å². The molecule has 1 fully saturated rings. The van der Waals surface area contributed by atoms with Crippen LogP contribution in [0.25, 0.3) is 0 Å². The van der Waals surface area contributed by atoms with Crippen LogP contribution in [0.5, 0.6) is 0 Å². The normalized spacial score (nSPS) is 24.5. The molecule has 3 N–H and O–H groups in total. The largest absolute Gasteiger partial charge is 0.327 e. The molecule has 19 heavy (non-hydrogen) atoms. The number of carbonyl (C=O) groups is 1. The lowest BCUT2D eigenvalue weighted by Crippen LogP contribution is -2.39. The van der Waals surface area contributed by atoms with E-state index < -0.39 is 0 Å². The molecule has 1 aliphatic rings. The number of carbonyl (C=O) groups excluding carboxylic acids is 1. The molecule has 0 aliphatic heterocycles. The highest BCUT2D eigenvalue weighted by Gasteiger charge is 2.26. The SMILES string of the molecule is CCn1nccc1NC(=O)C1CCCCCCC1N. The number of amides is 1. The van der Waals surface area contributed by atoms with Gasteiger partial charge in [-0.05, 0) is 19.8 Å². The van der Waals surface area contributed by atoms with E-state index in [1.54, 1.807) is 10.9 Å². The second kappa shape index (κ2) is 6.70. The quantitative estimate of drug-likeness (QED) is 0.878. The number of nitrogens with two attached hydrogens (primary N) is 1. The average molecular weight is 264 g/mol. The molecule has 1 amide bonds. The van der Waals surface area contributed by atoms with Crippen LogP contribution in [0.1, 0.15) is 45.4 Å². The molecule has 0 saturated heterocycles. The molecule has 5 nitrogen and oxygen atoms in total. The molecule has 1 heterocycles. The van der Waals surface area contributed by atoms with Crippen LogP contribution in [0, 0.1) is 5.92 Å². The maximum atomic E-state index is 12.4. The first-order chi connectivity index (χ1) is 9.22. The zero-order valence-electron chi connectivity index (χ0n) is 11.6. The third kappa shape index (κ3) is 3.56. The molecule has 1 saturated carbocycles. The van der Waals surface area contributed by atoms with Crippen molar-refractivity contribution in [2.24, 2.45) is 11.7 Å². The summed E-state index contributed by atoms with van der Waals surface area (Å²) in [7, 11) is 0. The standard InChI is InChI=1S/C14H24N4O/c1-2-18-13(9-10-16-18)17-14(19)11-7-5-3-4-6-8-12(11)15/h9-12H,2-8,15H2,1H3,(H,17,19). The number of hydrogen-bond acceptors (Lipinski definition) is 3. The highest BCUT2D eigenvalue weighted by atomic mass is 16.2. The predicted octanol–water partition coefficient (Wildman–Crippen LogP) is 2.14. The van der Waals surface area contributed by atoms with Crippen molar-refractivity contribution in [2.45, 2.75) is 58.0 Å². The maximum Gasteiger partial charge on any atom is 0.230 e. The third-order valence-electron chi connectivity index (χ3n) is 3.92. The van der Waals surface area contributed by atoms with Gasteiger partial charge in [-0.15, -0.1) is 0 Å². The van der Waals surface area contributed by atoms with Gasteiger partial charge in [0.25, 0.3) is 0 Å². The van der Waals surface area contributed by atoms with Crippen LogP contribution in [-0.4, -0.2) is 21.7 Å². The number of hydrogen-bond donors (Lipinski definition) is 2. The van der Waals surface area contributed by atoms with Gasteiger partial charge in [-0.25, -0.2) is 4.68 Å². The number of nitrogens with zero attached hydrogens (tertiary/aromatic N) is 2. The van der Waals surface area contributed by atoms with Crippen LogP contribution in [0.3, 0.4) is 0 Å². The van der Waals surface area contributed by atoms with Crippen LogP contribution in [0.2, 0.25) is 0 Å². The predicted molar refractivity (Wildman–Crippen MR) is 75.7 cm³/mol. The number of aromatic nitrogens is 2. The Balaban J connectivity index is 2.01. The monoisotopic (exact) mass is 264 g/mol. The highest BCUT2D eigenvalue weighted by Crippen LogP contribution is 2.23. The summed E-state index contributed by atoms with van der Waals surface area (Å²) in [5, 5.41) is 7.13. The second-order valence-corrected chi connectivity index (χ2v) is 5.28. The average Bonchev–Trinajstić information content (AvgIpc) is 2.81. The Hall–Kier alpha value is -1.36. The summed E-state index contributed by atoms with van der Waals surface area (Å²) in [4.78, 5) is 12.4. The number of rotatable bonds is 3. The molecule has 0 bridgehead atoms. The van der Waals surface area contributed by atoms with Gasteiger partial charge in [-0.1, -0.05) is 25.7 Å². The fraction of sp³-hybridized carbons (Fsp3) is 0.714. The van der Waals surface area contributed by atoms with Gasteiger partial charge in [0.15, 0.2) is 0 Å². The Bertz CT molecular complexity index is 415. The van der Waals surface area contributed by atoms with Crippen LogP contribution in [-0.2, 0) is 11.3 Å². The lowest BCUT2D eigenvalue weighted by atomic mass is 9.87. The summed E-state index contributed by atoms with van der Waals surface area (Å²) in [5.74, 6) is 0.742. The second-order valence-electron chi connectivity index (χ2n) is 5.28. The number of nitrogens with one attached hydrogen (secondary N) is 1. The fourth-order valence-corrected chi connectivity index (χ4v) is 2.75. The molecule has 1 aliphatic carbocycles. The third-order valence-corrected chi connectivity index (χ3v) is 3.92. The van der Waals surface area contributed by atoms with Crippen molar-refractivity contribution < 1.29 is 4.79 Å². The van der Waals surface area contributed by atoms with Crippen molar-refractivity contribution in [1.29, 1.82) is 0 Å². The Morgan fingerprint density at radius 3 is 2.89 bits per heavy atom. The lowest BCUT2D eigenvalue weighted by molar-refractivity contribution is -0.120. The zero-order valence-corrected chi connectivity index (χ0v) is 11.6. The first-order valence-electron chi connectivity index (χ1n) is 7.30. The van der Waals surface area contributed by atoms with Gasteiger partial charge in [0.2, 0.25) is 5.91 Å². The summed E-state index contributed by atoms with van der Waals surface area (Å²) in [6.45, 7) is 2.75. The van der Waals surface area contributed by atoms with E-state index in [2.05, 4.69) is 10.4 Å². The van der Waals surface area contributed by atoms with Crippen molar-refractivity contribution in [3.8, 4) is 0 Å². The van der Waals surface area contributed by atoms with E-state index in [9.17, 15) is 4.79 Å². The Labute approximate surface area is 114 Å². The summed E-state index contributed by atoms with van der Waals surface area (Å²) >= 11 is 0. The van der Waals surface area contributed by atoms with Crippen LogP contribution in [0.15, 0.2) is 12.3 Å². The molecule has 0 spiro atoms. The summed E-state index contributed by atoms with van der Waals surface area (Å²) < 4.78 is 1.78. The molecule has 0 aromatic carbocycles. The molecule has 0 radical (unpaired) electrons. The van der Waals surface area contributed by atoms with Crippen molar-refractivity contribution in [3.05, 3.63) is 12.3 Å². The number of aryl methyl sites for hydroxylation is 1. The topological polar surface area (TPSA) is 72.9 Å². The minimum absolute atomic E-state index is 0.0155. The van der Waals surface area contributed by atoms with Gasteiger partial charge in [0, 0.05) is 18.7 Å². The minimum atomic E-state index is -0.0690. The first-order valence-corrected chi connectivity index (χ1v) is 7.30. The van der Waals surface area contributed by atoms with Crippen molar-refractivity contribution in [3.63, 3.8) is 0 Å². The summed E-state index contributed by atoms with van der Waals surface area (Å²) in [6.07, 6.45) is 8.24. The lowest BCUT2D eigenvalue weighted by Gasteiger charge is -2.25. The van der Waals surface area contributed by atoms with E-state index in [1.807, 2.05) is 13.0 Å². The molecule has 5 heteroatoms. The minimum Gasteiger partial charge on any atom is -0.327 e. The smallest absolute Gasteiger partial charge is 0.230 e. The van der Waals surface area contributed by atoms with E-state index in [0.717, 1.165) is 38.0 Å². The Morgan fingerprint density at radius 1 is 1.42 bits per heavy atom. The van der Waals surface area contributed by atoms with Crippen LogP contribution < -0.4 is 11.1 Å². The maximum absolute atomic E-state index is 12.4. The van der Waals surface area contributed by atoms with E-state index in [4.69, 9.17) is 5.73 Å². The molecule has 2 rings (SSSR count). The Kier molecular flexibility index (Phi) is 4.96. The van der Waals surface area contributed by atoms with E-state index in [-0.39, 0.29) is 17.9 Å². The molecular weight excluding hydrogens is 240 g/mol. The van der Waals surface area contributed by atoms with Gasteiger partial charge in [-0.2, -0.15) is 5.10 Å². The summed E-state index contributed by atoms with van der Waals surface area (Å²) in [6, 6.07) is 1.81. The van der Waals surface area contributed by atoms with Crippen molar-refractivity contribution in [1.82, 2.24) is 9.78 Å². The van der Waals surface area contributed by atoms with Crippen LogP contribution >= 0.6 is 0 Å². The first kappa shape index (κ1) is 14.1. The van der Waals surface area contributed by atoms with E-state index in [0.29, 0.717) is 0 Å². The van der Waals surface area contributed by atoms with Crippen molar-refractivity contribution in [2.75, 3.05) is 5.32 Å². The molecule has 2 unspecified atom stereocenters. The highest BCUT2D eigenvalue weighted by molar-refractivity contribution is 5.92.